The third-order valence-corrected chi connectivity index (χ3v) is 1.66. The third-order valence-electron chi connectivity index (χ3n) is 1.66. The summed E-state index contributed by atoms with van der Waals surface area (Å²) in [4.78, 5) is 21.6. The Morgan fingerprint density at radius 1 is 1.43 bits per heavy atom. The van der Waals surface area contributed by atoms with Crippen LogP contribution in [0.25, 0.3) is 0 Å². The van der Waals surface area contributed by atoms with E-state index in [1.54, 1.807) is 0 Å². The van der Waals surface area contributed by atoms with Crippen molar-refractivity contribution in [1.82, 2.24) is 5.32 Å². The number of carbonyl (C=O) groups excluding carboxylic acids is 1. The first-order chi connectivity index (χ1) is 6.61. The first-order valence-corrected chi connectivity index (χ1v) is 4.45. The molecule has 0 saturated carbocycles. The Morgan fingerprint density at radius 3 is 2.50 bits per heavy atom. The number of aliphatic hydroxyl groups excluding tert-OH is 1. The highest BCUT2D eigenvalue weighted by Crippen LogP contribution is 1.94. The van der Waals surface area contributed by atoms with E-state index in [0.717, 1.165) is 0 Å². The molecule has 0 aliphatic carbocycles. The maximum atomic E-state index is 11.1. The van der Waals surface area contributed by atoms with E-state index < -0.39 is 12.0 Å². The van der Waals surface area contributed by atoms with Crippen molar-refractivity contribution < 1.29 is 19.8 Å². The summed E-state index contributed by atoms with van der Waals surface area (Å²) in [6.07, 6.45) is 0.757. The zero-order chi connectivity index (χ0) is 11.0. The Balaban J connectivity index is 3.90. The maximum Gasteiger partial charge on any atom is 0.326 e. The molecule has 1 amide bonds. The number of hydrogen-bond acceptors (Lipinski definition) is 4. The molecule has 6 nitrogen and oxygen atoms in total. The van der Waals surface area contributed by atoms with E-state index in [4.69, 9.17) is 15.9 Å². The normalized spacial score (nSPS) is 12.1. The highest BCUT2D eigenvalue weighted by molar-refractivity contribution is 5.83. The number of nitrogens with one attached hydrogen (secondary N) is 1. The Hall–Kier alpha value is -1.14. The Morgan fingerprint density at radius 2 is 2.07 bits per heavy atom. The smallest absolute Gasteiger partial charge is 0.326 e. The molecule has 1 atom stereocenters. The van der Waals surface area contributed by atoms with Crippen LogP contribution < -0.4 is 11.1 Å². The van der Waals surface area contributed by atoms with Gasteiger partial charge in [-0.25, -0.2) is 4.79 Å². The average Bonchev–Trinajstić information content (AvgIpc) is 2.14. The van der Waals surface area contributed by atoms with Gasteiger partial charge in [-0.15, -0.1) is 0 Å². The average molecular weight is 204 g/mol. The lowest BCUT2D eigenvalue weighted by Crippen LogP contribution is -2.41. The van der Waals surface area contributed by atoms with Crippen molar-refractivity contribution in [3.05, 3.63) is 0 Å². The van der Waals surface area contributed by atoms with Crippen LogP contribution in [0.5, 0.6) is 0 Å². The van der Waals surface area contributed by atoms with Crippen LogP contribution in [0.1, 0.15) is 19.3 Å². The molecule has 0 saturated heterocycles. The van der Waals surface area contributed by atoms with E-state index in [1.165, 1.54) is 0 Å². The van der Waals surface area contributed by atoms with Crippen molar-refractivity contribution in [1.29, 1.82) is 0 Å². The van der Waals surface area contributed by atoms with Crippen molar-refractivity contribution in [2.24, 2.45) is 5.73 Å². The van der Waals surface area contributed by atoms with E-state index in [0.29, 0.717) is 13.0 Å². The lowest BCUT2D eigenvalue weighted by atomic mass is 10.2. The Kier molecular flexibility index (Phi) is 6.69. The van der Waals surface area contributed by atoms with Crippen LogP contribution in [-0.4, -0.2) is 41.3 Å². The zero-order valence-corrected chi connectivity index (χ0v) is 7.90. The summed E-state index contributed by atoms with van der Waals surface area (Å²) in [5.74, 6) is -1.49. The first kappa shape index (κ1) is 12.9. The molecule has 0 aromatic carbocycles. The number of carboxylic acids is 1. The zero-order valence-electron chi connectivity index (χ0n) is 7.90. The molecular formula is C8H16N2O4. The molecule has 0 radical (unpaired) electrons. The van der Waals surface area contributed by atoms with E-state index in [9.17, 15) is 9.59 Å². The van der Waals surface area contributed by atoms with Crippen LogP contribution in [0.4, 0.5) is 0 Å². The van der Waals surface area contributed by atoms with Gasteiger partial charge in [-0.3, -0.25) is 4.79 Å². The summed E-state index contributed by atoms with van der Waals surface area (Å²) in [6.45, 7) is 0.124. The summed E-state index contributed by atoms with van der Waals surface area (Å²) in [5.41, 5.74) is 5.19. The third kappa shape index (κ3) is 5.50. The van der Waals surface area contributed by atoms with E-state index in [2.05, 4.69) is 5.32 Å². The van der Waals surface area contributed by atoms with Gasteiger partial charge in [-0.1, -0.05) is 0 Å². The molecule has 6 heteroatoms. The highest BCUT2D eigenvalue weighted by atomic mass is 16.4. The second kappa shape index (κ2) is 7.28. The molecule has 0 aromatic heterocycles. The van der Waals surface area contributed by atoms with Gasteiger partial charge in [0, 0.05) is 19.4 Å². The Bertz CT molecular complexity index is 196. The molecule has 0 bridgehead atoms. The molecule has 0 fully saturated rings. The van der Waals surface area contributed by atoms with E-state index in [-0.39, 0.29) is 25.4 Å². The Labute approximate surface area is 82.1 Å². The molecule has 0 heterocycles. The van der Waals surface area contributed by atoms with Gasteiger partial charge in [-0.2, -0.15) is 0 Å². The highest BCUT2D eigenvalue weighted by Gasteiger charge is 2.18. The number of hydrogen-bond donors (Lipinski definition) is 4. The minimum atomic E-state index is -1.14. The number of amides is 1. The van der Waals surface area contributed by atoms with Gasteiger partial charge in [0.15, 0.2) is 0 Å². The van der Waals surface area contributed by atoms with Crippen molar-refractivity contribution in [3.8, 4) is 0 Å². The van der Waals surface area contributed by atoms with Crippen molar-refractivity contribution >= 4 is 11.9 Å². The van der Waals surface area contributed by atoms with Gasteiger partial charge < -0.3 is 21.3 Å². The topological polar surface area (TPSA) is 113 Å². The first-order valence-electron chi connectivity index (χ1n) is 4.45. The molecule has 0 aliphatic heterocycles. The summed E-state index contributed by atoms with van der Waals surface area (Å²) < 4.78 is 0. The maximum absolute atomic E-state index is 11.1. The van der Waals surface area contributed by atoms with Gasteiger partial charge in [0.05, 0.1) is 0 Å². The fraction of sp³-hybridized carbons (Fsp3) is 0.750. The van der Waals surface area contributed by atoms with Gasteiger partial charge >= 0.3 is 5.97 Å². The minimum absolute atomic E-state index is 0.0176. The van der Waals surface area contributed by atoms with Gasteiger partial charge in [-0.05, 0) is 13.0 Å². The SMILES string of the molecule is NCCCC(=O)N[C@@H](CCO)C(=O)O. The molecule has 0 unspecified atom stereocenters. The number of carbonyl (C=O) groups is 2. The van der Waals surface area contributed by atoms with Crippen LogP contribution >= 0.6 is 0 Å². The fourth-order valence-corrected chi connectivity index (χ4v) is 0.916. The molecular weight excluding hydrogens is 188 g/mol. The number of aliphatic carboxylic acids is 1. The predicted octanol–water partition coefficient (Wildman–Crippen LogP) is -1.32. The van der Waals surface area contributed by atoms with Crippen LogP contribution in [0.2, 0.25) is 0 Å². The summed E-state index contributed by atoms with van der Waals surface area (Å²) in [7, 11) is 0. The number of aliphatic hydroxyl groups is 1. The van der Waals surface area contributed by atoms with Crippen LogP contribution in [0.3, 0.4) is 0 Å². The lowest BCUT2D eigenvalue weighted by Gasteiger charge is -2.12. The second-order valence-electron chi connectivity index (χ2n) is 2.86. The molecule has 0 spiro atoms. The summed E-state index contributed by atoms with van der Waals surface area (Å²) >= 11 is 0. The quantitative estimate of drug-likeness (QED) is 0.410. The van der Waals surface area contributed by atoms with Crippen molar-refractivity contribution in [3.63, 3.8) is 0 Å². The molecule has 0 aliphatic rings. The van der Waals surface area contributed by atoms with Crippen molar-refractivity contribution in [2.45, 2.75) is 25.3 Å². The molecule has 82 valence electrons. The largest absolute Gasteiger partial charge is 0.480 e. The molecule has 0 rings (SSSR count). The van der Waals surface area contributed by atoms with E-state index >= 15 is 0 Å². The molecule has 0 aromatic rings. The van der Waals surface area contributed by atoms with Gasteiger partial charge in [0.1, 0.15) is 6.04 Å². The monoisotopic (exact) mass is 204 g/mol. The molecule has 5 N–H and O–H groups in total. The minimum Gasteiger partial charge on any atom is -0.480 e. The second-order valence-corrected chi connectivity index (χ2v) is 2.86. The predicted molar refractivity (Wildman–Crippen MR) is 49.6 cm³/mol. The van der Waals surface area contributed by atoms with E-state index in [1.807, 2.05) is 0 Å². The van der Waals surface area contributed by atoms with Crippen LogP contribution in [-0.2, 0) is 9.59 Å². The van der Waals surface area contributed by atoms with Gasteiger partial charge in [0.25, 0.3) is 0 Å². The van der Waals surface area contributed by atoms with Crippen LogP contribution in [0.15, 0.2) is 0 Å². The summed E-state index contributed by atoms with van der Waals surface area (Å²) in [6, 6.07) is -1.01. The van der Waals surface area contributed by atoms with Gasteiger partial charge in [0.2, 0.25) is 5.91 Å². The van der Waals surface area contributed by atoms with Crippen molar-refractivity contribution in [2.75, 3.05) is 13.2 Å². The standard InChI is InChI=1S/C8H16N2O4/c9-4-1-2-7(12)10-6(3-5-11)8(13)14/h6,11H,1-5,9H2,(H,10,12)(H,13,14)/t6-/m0/s1. The number of rotatable bonds is 7. The number of nitrogens with two attached hydrogens (primary N) is 1. The fourth-order valence-electron chi connectivity index (χ4n) is 0.916. The summed E-state index contributed by atoms with van der Waals surface area (Å²) in [5, 5.41) is 19.5. The number of carboxylic acid groups (broad SMARTS) is 1. The van der Waals surface area contributed by atoms with Crippen LogP contribution in [0, 0.1) is 0 Å². The molecule has 14 heavy (non-hydrogen) atoms. The lowest BCUT2D eigenvalue weighted by molar-refractivity contribution is -0.142.